The zero-order valence-electron chi connectivity index (χ0n) is 35.9. The van der Waals surface area contributed by atoms with E-state index in [4.69, 9.17) is 0 Å². The molecule has 0 nitrogen and oxygen atoms in total. The molecule has 279 valence electrons. The fourth-order valence-electron chi connectivity index (χ4n) is 7.40. The topological polar surface area (TPSA) is 0 Å². The maximum absolute atomic E-state index is 2.59. The van der Waals surface area contributed by atoms with E-state index in [-0.39, 0.29) is 17.4 Å². The summed E-state index contributed by atoms with van der Waals surface area (Å²) in [5.41, 5.74) is 2.46. The SMILES string of the molecule is CCCCC(C)(C)[CH-]C(C)(C)CCCC.CCCCC(C)(C)[CH-]C(C)(C)CCCC.CCCCC(C)(C)[CH-]C(C)(C)CCCC.[Cr+3]. The molecule has 0 saturated carbocycles. The second-order valence-corrected chi connectivity index (χ2v) is 19.0. The molecule has 0 N–H and O–H groups in total. The van der Waals surface area contributed by atoms with E-state index in [0.29, 0.717) is 32.5 Å². The van der Waals surface area contributed by atoms with E-state index in [9.17, 15) is 0 Å². The first-order chi connectivity index (χ1) is 20.5. The van der Waals surface area contributed by atoms with Crippen LogP contribution in [0.5, 0.6) is 0 Å². The van der Waals surface area contributed by atoms with Gasteiger partial charge in [-0.2, -0.15) is 32.5 Å². The molecule has 0 unspecified atom stereocenters. The first-order valence-electron chi connectivity index (χ1n) is 20.1. The van der Waals surface area contributed by atoms with Crippen molar-refractivity contribution in [1.29, 1.82) is 0 Å². The third kappa shape index (κ3) is 35.8. The first kappa shape index (κ1) is 53.3. The van der Waals surface area contributed by atoms with Crippen LogP contribution in [0.3, 0.4) is 0 Å². The third-order valence-electron chi connectivity index (χ3n) is 9.39. The van der Waals surface area contributed by atoms with E-state index >= 15 is 0 Å². The van der Waals surface area contributed by atoms with Crippen molar-refractivity contribution in [3.05, 3.63) is 19.3 Å². The zero-order valence-corrected chi connectivity index (χ0v) is 37.1. The van der Waals surface area contributed by atoms with Gasteiger partial charge in [0.2, 0.25) is 0 Å². The van der Waals surface area contributed by atoms with E-state index in [1.54, 1.807) is 0 Å². The molecule has 0 fully saturated rings. The van der Waals surface area contributed by atoms with E-state index in [0.717, 1.165) is 0 Å². The van der Waals surface area contributed by atoms with E-state index in [2.05, 4.69) is 144 Å². The van der Waals surface area contributed by atoms with Gasteiger partial charge in [0.05, 0.1) is 0 Å². The fraction of sp³-hybridized carbons (Fsp3) is 0.933. The first-order valence-corrected chi connectivity index (χ1v) is 20.1. The van der Waals surface area contributed by atoms with Crippen LogP contribution < -0.4 is 0 Å². The van der Waals surface area contributed by atoms with Crippen LogP contribution in [0.15, 0.2) is 0 Å². The molecule has 46 heavy (non-hydrogen) atoms. The Kier molecular flexibility index (Phi) is 31.6. The molecule has 0 rings (SSSR count). The van der Waals surface area contributed by atoms with Gasteiger partial charge in [0, 0.05) is 0 Å². The molecule has 0 aromatic heterocycles. The Labute approximate surface area is 308 Å². The number of hydrogen-bond donors (Lipinski definition) is 0. The maximum Gasteiger partial charge on any atom is 3.00 e. The predicted molar refractivity (Wildman–Crippen MR) is 213 cm³/mol. The molecule has 0 aromatic rings. The summed E-state index contributed by atoms with van der Waals surface area (Å²) >= 11 is 0. The smallest absolute Gasteiger partial charge is 0.317 e. The van der Waals surface area contributed by atoms with E-state index < -0.39 is 0 Å². The fourth-order valence-corrected chi connectivity index (χ4v) is 7.40. The molecule has 1 radical (unpaired) electrons. The van der Waals surface area contributed by atoms with Crippen molar-refractivity contribution in [3.63, 3.8) is 0 Å². The van der Waals surface area contributed by atoms with Gasteiger partial charge < -0.3 is 19.3 Å². The molecule has 0 aromatic carbocycles. The standard InChI is InChI=1S/3C15H31.Cr/c3*1-7-9-11-14(3,4)13-15(5,6)12-10-8-2;/h3*13H,7-12H2,1-6H3;/q3*-1;+3. The normalized spacial score (nSPS) is 12.9. The van der Waals surface area contributed by atoms with Crippen LogP contribution in [0.25, 0.3) is 0 Å². The summed E-state index contributed by atoms with van der Waals surface area (Å²) in [5, 5.41) is 0. The Morgan fingerprint density at radius 1 is 0.261 bits per heavy atom. The predicted octanol–water partition coefficient (Wildman–Crippen LogP) is 16.9. The molecule has 0 atom stereocenters. The molecule has 0 aliphatic rings. The maximum atomic E-state index is 2.59. The molecule has 1 heteroatoms. The van der Waals surface area contributed by atoms with Crippen LogP contribution in [-0.2, 0) is 17.4 Å². The number of rotatable bonds is 24. The largest absolute Gasteiger partial charge is 3.00 e. The molecule has 0 aliphatic heterocycles. The van der Waals surface area contributed by atoms with Gasteiger partial charge in [-0.25, -0.2) is 0 Å². The van der Waals surface area contributed by atoms with Crippen molar-refractivity contribution in [2.75, 3.05) is 0 Å². The van der Waals surface area contributed by atoms with E-state index in [1.807, 2.05) is 0 Å². The third-order valence-corrected chi connectivity index (χ3v) is 9.39. The summed E-state index contributed by atoms with van der Waals surface area (Å²) in [4.78, 5) is 0. The average Bonchev–Trinajstić information content (AvgIpc) is 2.89. The summed E-state index contributed by atoms with van der Waals surface area (Å²) < 4.78 is 0. The Hall–Kier alpha value is 0.532. The van der Waals surface area contributed by atoms with Crippen LogP contribution in [-0.4, -0.2) is 0 Å². The second-order valence-electron chi connectivity index (χ2n) is 19.0. The van der Waals surface area contributed by atoms with Crippen LogP contribution in [0.4, 0.5) is 0 Å². The van der Waals surface area contributed by atoms with Gasteiger partial charge >= 0.3 is 17.4 Å². The van der Waals surface area contributed by atoms with Crippen molar-refractivity contribution < 1.29 is 17.4 Å². The van der Waals surface area contributed by atoms with Crippen LogP contribution >= 0.6 is 0 Å². The Morgan fingerprint density at radius 2 is 0.370 bits per heavy atom. The number of hydrogen-bond acceptors (Lipinski definition) is 0. The van der Waals surface area contributed by atoms with Gasteiger partial charge in [-0.15, -0.1) is 0 Å². The van der Waals surface area contributed by atoms with Crippen LogP contribution in [0, 0.1) is 51.8 Å². The summed E-state index contributed by atoms with van der Waals surface area (Å²) in [5.74, 6) is 0. The zero-order chi connectivity index (χ0) is 35.8. The molecule has 0 bridgehead atoms. The van der Waals surface area contributed by atoms with Crippen LogP contribution in [0.2, 0.25) is 0 Å². The minimum Gasteiger partial charge on any atom is -0.317 e. The van der Waals surface area contributed by atoms with Crippen molar-refractivity contribution in [1.82, 2.24) is 0 Å². The van der Waals surface area contributed by atoms with Gasteiger partial charge in [0.1, 0.15) is 0 Å². The van der Waals surface area contributed by atoms with Gasteiger partial charge in [0.25, 0.3) is 0 Å². The summed E-state index contributed by atoms with van der Waals surface area (Å²) in [7, 11) is 0. The summed E-state index contributed by atoms with van der Waals surface area (Å²) in [6.45, 7) is 42.3. The van der Waals surface area contributed by atoms with Crippen molar-refractivity contribution >= 4 is 0 Å². The molecule has 0 heterocycles. The quantitative estimate of drug-likeness (QED) is 0.0887. The number of unbranched alkanes of at least 4 members (excludes halogenated alkanes) is 6. The van der Waals surface area contributed by atoms with Crippen molar-refractivity contribution in [2.24, 2.45) is 32.5 Å². The van der Waals surface area contributed by atoms with Gasteiger partial charge in [0.15, 0.2) is 0 Å². The summed E-state index contributed by atoms with van der Waals surface area (Å²) in [6.07, 6.45) is 31.8. The molecule has 0 amide bonds. The Balaban J connectivity index is -0.000000285. The summed E-state index contributed by atoms with van der Waals surface area (Å²) in [6, 6.07) is 0. The van der Waals surface area contributed by atoms with Crippen molar-refractivity contribution in [3.8, 4) is 0 Å². The minimum absolute atomic E-state index is 0. The van der Waals surface area contributed by atoms with Crippen LogP contribution in [0.1, 0.15) is 240 Å². The monoisotopic (exact) mass is 686 g/mol. The van der Waals surface area contributed by atoms with Gasteiger partial charge in [-0.05, 0) is 0 Å². The molecule has 0 aliphatic carbocycles. The molecular formula is C45H93Cr. The average molecular weight is 686 g/mol. The Morgan fingerprint density at radius 3 is 0.457 bits per heavy atom. The van der Waals surface area contributed by atoms with Crippen molar-refractivity contribution in [2.45, 2.75) is 240 Å². The minimum atomic E-state index is 0. The van der Waals surface area contributed by atoms with E-state index in [1.165, 1.54) is 116 Å². The van der Waals surface area contributed by atoms with Gasteiger partial charge in [-0.3, -0.25) is 0 Å². The molecule has 0 spiro atoms. The Bertz CT molecular complexity index is 504. The van der Waals surface area contributed by atoms with Gasteiger partial charge in [-0.1, -0.05) is 240 Å². The second kappa shape index (κ2) is 27.3. The molecular weight excluding hydrogens is 592 g/mol. The molecule has 0 saturated heterocycles.